The van der Waals surface area contributed by atoms with Gasteiger partial charge in [-0.3, -0.25) is 4.79 Å². The molecule has 0 unspecified atom stereocenters. The predicted molar refractivity (Wildman–Crippen MR) is 72.7 cm³/mol. The van der Waals surface area contributed by atoms with Crippen LogP contribution in [0.4, 0.5) is 4.39 Å². The first-order valence-electron chi connectivity index (χ1n) is 6.47. The van der Waals surface area contributed by atoms with Crippen molar-refractivity contribution < 1.29 is 19.1 Å². The Morgan fingerprint density at radius 3 is 2.65 bits per heavy atom. The maximum absolute atomic E-state index is 13.7. The van der Waals surface area contributed by atoms with Crippen LogP contribution in [-0.2, 0) is 4.79 Å². The van der Waals surface area contributed by atoms with E-state index in [2.05, 4.69) is 12.2 Å². The number of rotatable bonds is 4. The fourth-order valence-corrected chi connectivity index (χ4v) is 2.25. The van der Waals surface area contributed by atoms with Crippen LogP contribution in [0, 0.1) is 11.7 Å². The van der Waals surface area contributed by atoms with E-state index in [0.29, 0.717) is 5.92 Å². The molecule has 1 amide bonds. The highest BCUT2D eigenvalue weighted by atomic mass is 19.1. The quantitative estimate of drug-likeness (QED) is 0.831. The lowest BCUT2D eigenvalue weighted by atomic mass is 9.82. The zero-order chi connectivity index (χ0) is 14.7. The molecule has 5 heteroatoms. The van der Waals surface area contributed by atoms with Gasteiger partial charge in [-0.2, -0.15) is 0 Å². The van der Waals surface area contributed by atoms with Gasteiger partial charge < -0.3 is 10.4 Å². The maximum Gasteiger partial charge on any atom is 0.328 e. The van der Waals surface area contributed by atoms with E-state index in [1.54, 1.807) is 0 Å². The van der Waals surface area contributed by atoms with Gasteiger partial charge in [0.25, 0.3) is 5.91 Å². The summed E-state index contributed by atoms with van der Waals surface area (Å²) < 4.78 is 13.7. The molecular weight excluding hydrogens is 261 g/mol. The summed E-state index contributed by atoms with van der Waals surface area (Å²) in [6.45, 7) is 2.12. The lowest BCUT2D eigenvalue weighted by molar-refractivity contribution is -0.131. The summed E-state index contributed by atoms with van der Waals surface area (Å²) in [5.41, 5.74) is 0.385. The minimum Gasteiger partial charge on any atom is -0.478 e. The lowest BCUT2D eigenvalue weighted by Crippen LogP contribution is -2.43. The number of hydrogen-bond donors (Lipinski definition) is 2. The number of amides is 1. The summed E-state index contributed by atoms with van der Waals surface area (Å²) in [6.07, 6.45) is 3.92. The SMILES string of the molecule is CC1CC(NC(=O)c2ccc(/C=C/C(=O)O)c(F)c2)C1. The Morgan fingerprint density at radius 1 is 1.40 bits per heavy atom. The predicted octanol–water partition coefficient (Wildman–Crippen LogP) is 2.45. The smallest absolute Gasteiger partial charge is 0.328 e. The first kappa shape index (κ1) is 14.2. The number of aliphatic carboxylic acids is 1. The van der Waals surface area contributed by atoms with Crippen molar-refractivity contribution in [2.24, 2.45) is 5.92 Å². The number of carbonyl (C=O) groups excluding carboxylic acids is 1. The summed E-state index contributed by atoms with van der Waals surface area (Å²) in [5.74, 6) is -1.43. The van der Waals surface area contributed by atoms with Gasteiger partial charge in [-0.1, -0.05) is 13.0 Å². The Kier molecular flexibility index (Phi) is 4.17. The van der Waals surface area contributed by atoms with Gasteiger partial charge in [0.2, 0.25) is 0 Å². The van der Waals surface area contributed by atoms with Crippen molar-refractivity contribution >= 4 is 18.0 Å². The molecule has 1 fully saturated rings. The van der Waals surface area contributed by atoms with E-state index >= 15 is 0 Å². The third-order valence-corrected chi connectivity index (χ3v) is 3.38. The standard InChI is InChI=1S/C15H16FNO3/c1-9-6-12(7-9)17-15(20)11-3-2-10(13(16)8-11)4-5-14(18)19/h2-5,8-9,12H,6-7H2,1H3,(H,17,20)(H,18,19)/b5-4+. The summed E-state index contributed by atoms with van der Waals surface area (Å²) in [5, 5.41) is 11.3. The van der Waals surface area contributed by atoms with Crippen molar-refractivity contribution in [3.63, 3.8) is 0 Å². The average Bonchev–Trinajstić information content (AvgIpc) is 2.35. The Balaban J connectivity index is 2.04. The molecule has 106 valence electrons. The molecule has 0 heterocycles. The van der Waals surface area contributed by atoms with E-state index in [0.717, 1.165) is 31.1 Å². The Hall–Kier alpha value is -2.17. The van der Waals surface area contributed by atoms with E-state index in [9.17, 15) is 14.0 Å². The number of carboxylic acid groups (broad SMARTS) is 1. The largest absolute Gasteiger partial charge is 0.478 e. The van der Waals surface area contributed by atoms with E-state index in [1.165, 1.54) is 12.1 Å². The molecule has 1 aromatic rings. The van der Waals surface area contributed by atoms with Crippen molar-refractivity contribution in [2.75, 3.05) is 0 Å². The molecule has 1 aliphatic rings. The molecule has 2 N–H and O–H groups in total. The normalized spacial score (nSPS) is 21.5. The summed E-state index contributed by atoms with van der Waals surface area (Å²) in [7, 11) is 0. The third-order valence-electron chi connectivity index (χ3n) is 3.38. The number of benzene rings is 1. The molecule has 4 nitrogen and oxygen atoms in total. The summed E-state index contributed by atoms with van der Waals surface area (Å²) in [6, 6.07) is 4.18. The molecule has 0 spiro atoms. The van der Waals surface area contributed by atoms with Crippen LogP contribution in [0.15, 0.2) is 24.3 Å². The highest BCUT2D eigenvalue weighted by molar-refractivity contribution is 5.94. The molecular formula is C15H16FNO3. The van der Waals surface area contributed by atoms with Gasteiger partial charge in [-0.25, -0.2) is 9.18 Å². The molecule has 1 saturated carbocycles. The molecule has 0 atom stereocenters. The molecule has 0 bridgehead atoms. The summed E-state index contributed by atoms with van der Waals surface area (Å²) in [4.78, 5) is 22.3. The van der Waals surface area contributed by atoms with Crippen LogP contribution in [0.25, 0.3) is 6.08 Å². The van der Waals surface area contributed by atoms with Gasteiger partial charge in [-0.15, -0.1) is 0 Å². The van der Waals surface area contributed by atoms with E-state index in [-0.39, 0.29) is 23.1 Å². The second kappa shape index (κ2) is 5.86. The van der Waals surface area contributed by atoms with E-state index in [1.807, 2.05) is 0 Å². The molecule has 0 radical (unpaired) electrons. The van der Waals surface area contributed by atoms with Crippen molar-refractivity contribution in [1.82, 2.24) is 5.32 Å². The van der Waals surface area contributed by atoms with Crippen molar-refractivity contribution in [3.8, 4) is 0 Å². The summed E-state index contributed by atoms with van der Waals surface area (Å²) >= 11 is 0. The number of halogens is 1. The van der Waals surface area contributed by atoms with Crippen molar-refractivity contribution in [3.05, 3.63) is 41.2 Å². The number of hydrogen-bond acceptors (Lipinski definition) is 2. The topological polar surface area (TPSA) is 66.4 Å². The molecule has 0 aromatic heterocycles. The van der Waals surface area contributed by atoms with E-state index < -0.39 is 11.8 Å². The maximum atomic E-state index is 13.7. The van der Waals surface area contributed by atoms with Crippen LogP contribution in [0.5, 0.6) is 0 Å². The average molecular weight is 277 g/mol. The van der Waals surface area contributed by atoms with Crippen LogP contribution in [0.3, 0.4) is 0 Å². The van der Waals surface area contributed by atoms with E-state index in [4.69, 9.17) is 5.11 Å². The zero-order valence-electron chi connectivity index (χ0n) is 11.1. The minimum absolute atomic E-state index is 0.140. The number of carboxylic acids is 1. The first-order chi connectivity index (χ1) is 9.45. The third kappa shape index (κ3) is 3.44. The van der Waals surface area contributed by atoms with Gasteiger partial charge >= 0.3 is 5.97 Å². The molecule has 1 aromatic carbocycles. The van der Waals surface area contributed by atoms with Crippen molar-refractivity contribution in [1.29, 1.82) is 0 Å². The monoisotopic (exact) mass is 277 g/mol. The van der Waals surface area contributed by atoms with Gasteiger partial charge in [-0.05, 0) is 37.0 Å². The Bertz CT molecular complexity index is 562. The Morgan fingerprint density at radius 2 is 2.10 bits per heavy atom. The van der Waals surface area contributed by atoms with Crippen LogP contribution < -0.4 is 5.32 Å². The second-order valence-electron chi connectivity index (χ2n) is 5.15. The first-order valence-corrected chi connectivity index (χ1v) is 6.47. The van der Waals surface area contributed by atoms with Gasteiger partial charge in [0.1, 0.15) is 5.82 Å². The zero-order valence-corrected chi connectivity index (χ0v) is 11.1. The van der Waals surface area contributed by atoms with Crippen LogP contribution in [-0.4, -0.2) is 23.0 Å². The van der Waals surface area contributed by atoms with Crippen LogP contribution in [0.2, 0.25) is 0 Å². The van der Waals surface area contributed by atoms with Gasteiger partial charge in [0, 0.05) is 23.2 Å². The highest BCUT2D eigenvalue weighted by Crippen LogP contribution is 2.26. The number of carbonyl (C=O) groups is 2. The lowest BCUT2D eigenvalue weighted by Gasteiger charge is -2.33. The fraction of sp³-hybridized carbons (Fsp3) is 0.333. The van der Waals surface area contributed by atoms with Gasteiger partial charge in [0.15, 0.2) is 0 Å². The highest BCUT2D eigenvalue weighted by Gasteiger charge is 2.26. The van der Waals surface area contributed by atoms with Gasteiger partial charge in [0.05, 0.1) is 0 Å². The minimum atomic E-state index is -1.15. The molecule has 20 heavy (non-hydrogen) atoms. The fourth-order valence-electron chi connectivity index (χ4n) is 2.25. The molecule has 1 aliphatic carbocycles. The second-order valence-corrected chi connectivity index (χ2v) is 5.15. The molecule has 0 aliphatic heterocycles. The van der Waals surface area contributed by atoms with Crippen molar-refractivity contribution in [2.45, 2.75) is 25.8 Å². The number of nitrogens with one attached hydrogen (secondary N) is 1. The molecule has 2 rings (SSSR count). The van der Waals surface area contributed by atoms with Crippen LogP contribution in [0.1, 0.15) is 35.7 Å². The van der Waals surface area contributed by atoms with Crippen LogP contribution >= 0.6 is 0 Å². The molecule has 0 saturated heterocycles. The Labute approximate surface area is 116 Å².